The third-order valence-electron chi connectivity index (χ3n) is 3.91. The summed E-state index contributed by atoms with van der Waals surface area (Å²) in [5.41, 5.74) is 1.55. The minimum atomic E-state index is -3.69. The van der Waals surface area contributed by atoms with Crippen LogP contribution in [-0.4, -0.2) is 40.9 Å². The van der Waals surface area contributed by atoms with Crippen LogP contribution in [0.4, 0.5) is 0 Å². The predicted octanol–water partition coefficient (Wildman–Crippen LogP) is 1.56. The summed E-state index contributed by atoms with van der Waals surface area (Å²) in [5.74, 6) is 0. The van der Waals surface area contributed by atoms with E-state index in [2.05, 4.69) is 4.98 Å². The van der Waals surface area contributed by atoms with Gasteiger partial charge in [-0.15, -0.1) is 11.3 Å². The molecule has 0 saturated carbocycles. The van der Waals surface area contributed by atoms with Gasteiger partial charge >= 0.3 is 10.2 Å². The highest BCUT2D eigenvalue weighted by Crippen LogP contribution is 2.35. The number of aliphatic hydroxyl groups excluding tert-OH is 1. The van der Waals surface area contributed by atoms with Crippen molar-refractivity contribution in [1.29, 1.82) is 0 Å². The molecule has 3 rings (SSSR count). The van der Waals surface area contributed by atoms with E-state index in [4.69, 9.17) is 0 Å². The average Bonchev–Trinajstić information content (AvgIpc) is 3.13. The summed E-state index contributed by atoms with van der Waals surface area (Å²) in [6.45, 7) is 0. The second kappa shape index (κ2) is 5.77. The highest BCUT2D eigenvalue weighted by Gasteiger charge is 2.26. The Hall–Kier alpha value is -1.22. The van der Waals surface area contributed by atoms with Crippen LogP contribution in [-0.2, 0) is 23.1 Å². The van der Waals surface area contributed by atoms with E-state index in [-0.39, 0.29) is 5.69 Å². The number of rotatable bonds is 4. The van der Waals surface area contributed by atoms with Crippen molar-refractivity contribution < 1.29 is 13.5 Å². The molecule has 1 aliphatic carbocycles. The van der Waals surface area contributed by atoms with Crippen molar-refractivity contribution in [3.05, 3.63) is 39.6 Å². The number of aromatic nitrogens is 2. The van der Waals surface area contributed by atoms with Gasteiger partial charge in [0.05, 0.1) is 11.9 Å². The van der Waals surface area contributed by atoms with Gasteiger partial charge in [0.2, 0.25) is 0 Å². The average molecular weight is 341 g/mol. The van der Waals surface area contributed by atoms with E-state index in [1.54, 1.807) is 11.3 Å². The third kappa shape index (κ3) is 2.60. The number of thiophene rings is 1. The topological polar surface area (TPSA) is 75.4 Å². The molecule has 0 amide bonds. The molecule has 2 aromatic rings. The Morgan fingerprint density at radius 1 is 1.36 bits per heavy atom. The molecule has 0 fully saturated rings. The molecule has 1 atom stereocenters. The van der Waals surface area contributed by atoms with Crippen molar-refractivity contribution in [2.24, 2.45) is 0 Å². The lowest BCUT2D eigenvalue weighted by atomic mass is 9.99. The van der Waals surface area contributed by atoms with E-state index in [1.165, 1.54) is 49.9 Å². The summed E-state index contributed by atoms with van der Waals surface area (Å²) in [6, 6.07) is 2.00. The Labute approximate surface area is 134 Å². The first-order chi connectivity index (χ1) is 10.4. The number of fused-ring (bicyclic) bond motifs is 1. The van der Waals surface area contributed by atoms with Crippen LogP contribution in [0, 0.1) is 0 Å². The van der Waals surface area contributed by atoms with Gasteiger partial charge in [0.15, 0.2) is 0 Å². The standard InChI is InChI=1S/C14H19N3O3S2/c1-16(2)22(19,20)17-9-15-8-11(17)14(18)13-7-10-5-3-4-6-12(10)21-13/h7-9,14,18H,3-6H2,1-2H3. The molecule has 0 radical (unpaired) electrons. The summed E-state index contributed by atoms with van der Waals surface area (Å²) < 4.78 is 26.7. The minimum Gasteiger partial charge on any atom is -0.381 e. The number of nitrogens with zero attached hydrogens (tertiary/aromatic N) is 3. The SMILES string of the molecule is CN(C)S(=O)(=O)n1cncc1C(O)c1cc2c(s1)CCCC2. The quantitative estimate of drug-likeness (QED) is 0.916. The van der Waals surface area contributed by atoms with Crippen LogP contribution >= 0.6 is 11.3 Å². The first-order valence-electron chi connectivity index (χ1n) is 7.16. The zero-order chi connectivity index (χ0) is 15.9. The van der Waals surface area contributed by atoms with Gasteiger partial charge in [-0.05, 0) is 37.3 Å². The van der Waals surface area contributed by atoms with E-state index < -0.39 is 16.3 Å². The van der Waals surface area contributed by atoms with Crippen LogP contribution in [0.1, 0.15) is 40.0 Å². The zero-order valence-corrected chi connectivity index (χ0v) is 14.2. The number of aliphatic hydroxyl groups is 1. The van der Waals surface area contributed by atoms with Crippen molar-refractivity contribution in [1.82, 2.24) is 13.3 Å². The summed E-state index contributed by atoms with van der Waals surface area (Å²) in [6.07, 6.45) is 6.08. The smallest absolute Gasteiger partial charge is 0.308 e. The van der Waals surface area contributed by atoms with Gasteiger partial charge in [-0.25, -0.2) is 8.96 Å². The summed E-state index contributed by atoms with van der Waals surface area (Å²) in [5, 5.41) is 10.6. The second-order valence-electron chi connectivity index (χ2n) is 5.61. The van der Waals surface area contributed by atoms with Crippen LogP contribution in [0.5, 0.6) is 0 Å². The Morgan fingerprint density at radius 2 is 2.09 bits per heavy atom. The fraction of sp³-hybridized carbons (Fsp3) is 0.500. The van der Waals surface area contributed by atoms with E-state index >= 15 is 0 Å². The molecule has 1 N–H and O–H groups in total. The van der Waals surface area contributed by atoms with Gasteiger partial charge in [-0.1, -0.05) is 0 Å². The maximum absolute atomic E-state index is 12.3. The Morgan fingerprint density at radius 3 is 2.77 bits per heavy atom. The van der Waals surface area contributed by atoms with E-state index in [1.807, 2.05) is 6.07 Å². The van der Waals surface area contributed by atoms with Crippen molar-refractivity contribution in [2.75, 3.05) is 14.1 Å². The molecule has 1 unspecified atom stereocenters. The van der Waals surface area contributed by atoms with E-state index in [0.29, 0.717) is 0 Å². The lowest BCUT2D eigenvalue weighted by Gasteiger charge is -2.16. The highest BCUT2D eigenvalue weighted by atomic mass is 32.2. The molecule has 0 saturated heterocycles. The Kier molecular flexibility index (Phi) is 4.11. The molecule has 1 aliphatic rings. The van der Waals surface area contributed by atoms with Gasteiger partial charge in [-0.3, -0.25) is 0 Å². The molecule has 120 valence electrons. The largest absolute Gasteiger partial charge is 0.381 e. The van der Waals surface area contributed by atoms with Crippen LogP contribution < -0.4 is 0 Å². The molecule has 6 nitrogen and oxygen atoms in total. The number of hydrogen-bond acceptors (Lipinski definition) is 5. The molecule has 8 heteroatoms. The van der Waals surface area contributed by atoms with Crippen LogP contribution in [0.2, 0.25) is 0 Å². The van der Waals surface area contributed by atoms with Crippen LogP contribution in [0.25, 0.3) is 0 Å². The molecular weight excluding hydrogens is 322 g/mol. The summed E-state index contributed by atoms with van der Waals surface area (Å²) >= 11 is 1.57. The predicted molar refractivity (Wildman–Crippen MR) is 85.3 cm³/mol. The lowest BCUT2D eigenvalue weighted by Crippen LogP contribution is -2.30. The summed E-state index contributed by atoms with van der Waals surface area (Å²) in [4.78, 5) is 5.99. The van der Waals surface area contributed by atoms with Gasteiger partial charge in [0.1, 0.15) is 12.4 Å². The van der Waals surface area contributed by atoms with Gasteiger partial charge < -0.3 is 5.11 Å². The Bertz CT molecular complexity index is 754. The highest BCUT2D eigenvalue weighted by molar-refractivity contribution is 7.87. The van der Waals surface area contributed by atoms with Gasteiger partial charge in [0.25, 0.3) is 0 Å². The molecule has 0 bridgehead atoms. The monoisotopic (exact) mass is 341 g/mol. The molecule has 0 aliphatic heterocycles. The van der Waals surface area contributed by atoms with Crippen LogP contribution in [0.3, 0.4) is 0 Å². The fourth-order valence-corrected chi connectivity index (χ4v) is 4.84. The van der Waals surface area contributed by atoms with Gasteiger partial charge in [0, 0.05) is 23.8 Å². The van der Waals surface area contributed by atoms with Crippen molar-refractivity contribution in [3.8, 4) is 0 Å². The first-order valence-corrected chi connectivity index (χ1v) is 9.37. The second-order valence-corrected chi connectivity index (χ2v) is 8.80. The van der Waals surface area contributed by atoms with Crippen molar-refractivity contribution >= 4 is 21.5 Å². The molecule has 0 spiro atoms. The molecular formula is C14H19N3O3S2. The number of hydrogen-bond donors (Lipinski definition) is 1. The molecule has 2 heterocycles. The molecule has 2 aromatic heterocycles. The van der Waals surface area contributed by atoms with E-state index in [0.717, 1.165) is 26.0 Å². The fourth-order valence-electron chi connectivity index (χ4n) is 2.65. The maximum atomic E-state index is 12.3. The normalized spacial score (nSPS) is 16.7. The number of imidazole rings is 1. The first kappa shape index (κ1) is 15.7. The van der Waals surface area contributed by atoms with Crippen molar-refractivity contribution in [2.45, 2.75) is 31.8 Å². The number of aryl methyl sites for hydroxylation is 2. The molecule has 0 aromatic carbocycles. The third-order valence-corrected chi connectivity index (χ3v) is 6.92. The minimum absolute atomic E-state index is 0.271. The lowest BCUT2D eigenvalue weighted by molar-refractivity contribution is 0.217. The maximum Gasteiger partial charge on any atom is 0.308 e. The van der Waals surface area contributed by atoms with E-state index in [9.17, 15) is 13.5 Å². The van der Waals surface area contributed by atoms with Gasteiger partial charge in [-0.2, -0.15) is 12.7 Å². The van der Waals surface area contributed by atoms with Crippen LogP contribution in [0.15, 0.2) is 18.6 Å². The molecule has 22 heavy (non-hydrogen) atoms. The zero-order valence-electron chi connectivity index (χ0n) is 12.6. The Balaban J connectivity index is 1.98. The summed E-state index contributed by atoms with van der Waals surface area (Å²) in [7, 11) is -0.780. The van der Waals surface area contributed by atoms with Crippen molar-refractivity contribution in [3.63, 3.8) is 0 Å².